The van der Waals surface area contributed by atoms with Crippen LogP contribution >= 0.6 is 11.6 Å². The molecule has 3 aromatic rings. The van der Waals surface area contributed by atoms with E-state index in [0.717, 1.165) is 16.8 Å². The lowest BCUT2D eigenvalue weighted by Crippen LogP contribution is -2.31. The molecule has 4 nitrogen and oxygen atoms in total. The summed E-state index contributed by atoms with van der Waals surface area (Å²) < 4.78 is 0. The second-order valence-corrected chi connectivity index (χ2v) is 8.36. The van der Waals surface area contributed by atoms with E-state index < -0.39 is 0 Å². The van der Waals surface area contributed by atoms with Gasteiger partial charge in [0.1, 0.15) is 0 Å². The summed E-state index contributed by atoms with van der Waals surface area (Å²) in [5.41, 5.74) is 3.18. The summed E-state index contributed by atoms with van der Waals surface area (Å²) in [5, 5.41) is 3.52. The number of amides is 2. The van der Waals surface area contributed by atoms with Gasteiger partial charge in [-0.1, -0.05) is 67.9 Å². The number of benzene rings is 3. The van der Waals surface area contributed by atoms with Crippen LogP contribution in [0, 0.1) is 5.92 Å². The van der Waals surface area contributed by atoms with Crippen molar-refractivity contribution in [3.63, 3.8) is 0 Å². The van der Waals surface area contributed by atoms with Crippen molar-refractivity contribution in [1.82, 2.24) is 5.32 Å². The molecule has 3 aromatic carbocycles. The molecule has 0 aliphatic carbocycles. The Kier molecular flexibility index (Phi) is 7.85. The van der Waals surface area contributed by atoms with E-state index in [-0.39, 0.29) is 18.2 Å². The molecule has 0 fully saturated rings. The van der Waals surface area contributed by atoms with Gasteiger partial charge in [-0.3, -0.25) is 9.59 Å². The average molecular weight is 435 g/mol. The van der Waals surface area contributed by atoms with Crippen molar-refractivity contribution >= 4 is 29.1 Å². The molecule has 0 saturated carbocycles. The summed E-state index contributed by atoms with van der Waals surface area (Å²) in [6.45, 7) is 5.19. The van der Waals surface area contributed by atoms with Crippen molar-refractivity contribution in [3.8, 4) is 0 Å². The quantitative estimate of drug-likeness (QED) is 0.508. The first-order valence-electron chi connectivity index (χ1n) is 10.4. The monoisotopic (exact) mass is 434 g/mol. The fourth-order valence-electron chi connectivity index (χ4n) is 3.19. The van der Waals surface area contributed by atoms with E-state index in [9.17, 15) is 9.59 Å². The molecule has 0 unspecified atom stereocenters. The van der Waals surface area contributed by atoms with E-state index in [1.54, 1.807) is 29.2 Å². The zero-order valence-electron chi connectivity index (χ0n) is 17.8. The molecule has 1 N–H and O–H groups in total. The normalized spacial score (nSPS) is 10.7. The highest BCUT2D eigenvalue weighted by atomic mass is 35.5. The predicted molar refractivity (Wildman–Crippen MR) is 126 cm³/mol. The summed E-state index contributed by atoms with van der Waals surface area (Å²) in [6.07, 6.45) is 0.273. The van der Waals surface area contributed by atoms with Crippen LogP contribution in [0.15, 0.2) is 78.9 Å². The maximum atomic E-state index is 13.4. The molecule has 0 aliphatic rings. The third-order valence-corrected chi connectivity index (χ3v) is 5.07. The maximum absolute atomic E-state index is 13.4. The van der Waals surface area contributed by atoms with Crippen LogP contribution in [-0.2, 0) is 17.8 Å². The molecule has 0 heterocycles. The third kappa shape index (κ3) is 6.69. The van der Waals surface area contributed by atoms with Crippen LogP contribution in [0.5, 0.6) is 0 Å². The van der Waals surface area contributed by atoms with E-state index >= 15 is 0 Å². The molecule has 3 rings (SSSR count). The minimum absolute atomic E-state index is 0.0236. The molecule has 0 aromatic heterocycles. The predicted octanol–water partition coefficient (Wildman–Crippen LogP) is 5.50. The van der Waals surface area contributed by atoms with Gasteiger partial charge in [0.2, 0.25) is 5.91 Å². The number of hydrogen-bond donors (Lipinski definition) is 1. The Hall–Kier alpha value is -3.11. The largest absolute Gasteiger partial charge is 0.356 e. The number of nitrogens with zero attached hydrogens (tertiary/aromatic N) is 1. The highest BCUT2D eigenvalue weighted by Gasteiger charge is 2.19. The molecule has 0 spiro atoms. The minimum atomic E-state index is -0.123. The number of carbonyl (C=O) groups is 2. The van der Waals surface area contributed by atoms with Crippen molar-refractivity contribution in [2.75, 3.05) is 11.4 Å². The van der Waals surface area contributed by atoms with Crippen LogP contribution in [-0.4, -0.2) is 18.4 Å². The molecular formula is C26H27ClN2O2. The topological polar surface area (TPSA) is 49.4 Å². The fourth-order valence-corrected chi connectivity index (χ4v) is 3.32. The number of nitrogens with one attached hydrogen (secondary N) is 1. The first-order chi connectivity index (χ1) is 14.9. The zero-order valence-corrected chi connectivity index (χ0v) is 18.6. The van der Waals surface area contributed by atoms with Gasteiger partial charge in [-0.2, -0.15) is 0 Å². The standard InChI is InChI=1S/C26H27ClN2O2/c1-19(2)17-28-25(30)16-21-9-6-10-24(15-21)29(18-20-7-4-3-5-8-20)26(31)22-11-13-23(27)14-12-22/h3-15,19H,16-18H2,1-2H3,(H,28,30). The molecule has 160 valence electrons. The van der Waals surface area contributed by atoms with Gasteiger partial charge in [0.25, 0.3) is 5.91 Å². The van der Waals surface area contributed by atoms with Gasteiger partial charge in [-0.15, -0.1) is 0 Å². The van der Waals surface area contributed by atoms with Crippen molar-refractivity contribution < 1.29 is 9.59 Å². The van der Waals surface area contributed by atoms with Gasteiger partial charge in [0, 0.05) is 22.8 Å². The first kappa shape index (κ1) is 22.6. The highest BCUT2D eigenvalue weighted by Crippen LogP contribution is 2.23. The van der Waals surface area contributed by atoms with Gasteiger partial charge >= 0.3 is 0 Å². The van der Waals surface area contributed by atoms with E-state index in [2.05, 4.69) is 19.2 Å². The van der Waals surface area contributed by atoms with Gasteiger partial charge < -0.3 is 10.2 Å². The molecule has 0 radical (unpaired) electrons. The lowest BCUT2D eigenvalue weighted by molar-refractivity contribution is -0.120. The Morgan fingerprint density at radius 3 is 2.26 bits per heavy atom. The fraction of sp³-hybridized carbons (Fsp3) is 0.231. The van der Waals surface area contributed by atoms with Crippen LogP contribution in [0.2, 0.25) is 5.02 Å². The van der Waals surface area contributed by atoms with Gasteiger partial charge in [-0.25, -0.2) is 0 Å². The summed E-state index contributed by atoms with van der Waals surface area (Å²) in [7, 11) is 0. The maximum Gasteiger partial charge on any atom is 0.258 e. The van der Waals surface area contributed by atoms with Crippen molar-refractivity contribution in [2.24, 2.45) is 5.92 Å². The van der Waals surface area contributed by atoms with Crippen molar-refractivity contribution in [1.29, 1.82) is 0 Å². The molecule has 5 heteroatoms. The van der Waals surface area contributed by atoms with Crippen LogP contribution in [0.25, 0.3) is 0 Å². The van der Waals surface area contributed by atoms with E-state index in [1.165, 1.54) is 0 Å². The molecule has 2 amide bonds. The molecular weight excluding hydrogens is 408 g/mol. The second kappa shape index (κ2) is 10.8. The van der Waals surface area contributed by atoms with E-state index in [0.29, 0.717) is 29.6 Å². The smallest absolute Gasteiger partial charge is 0.258 e. The molecule has 0 aliphatic heterocycles. The Morgan fingerprint density at radius 1 is 0.903 bits per heavy atom. The van der Waals surface area contributed by atoms with Crippen LogP contribution in [0.3, 0.4) is 0 Å². The molecule has 31 heavy (non-hydrogen) atoms. The zero-order chi connectivity index (χ0) is 22.2. The molecule has 0 atom stereocenters. The lowest BCUT2D eigenvalue weighted by atomic mass is 10.1. The van der Waals surface area contributed by atoms with Crippen LogP contribution in [0.1, 0.15) is 35.3 Å². The van der Waals surface area contributed by atoms with E-state index in [4.69, 9.17) is 11.6 Å². The molecule has 0 saturated heterocycles. The summed E-state index contributed by atoms with van der Waals surface area (Å²) in [4.78, 5) is 27.4. The average Bonchev–Trinajstić information content (AvgIpc) is 2.77. The van der Waals surface area contributed by atoms with Crippen molar-refractivity contribution in [2.45, 2.75) is 26.8 Å². The Labute approximate surface area is 188 Å². The molecule has 0 bridgehead atoms. The Balaban J connectivity index is 1.87. The number of rotatable bonds is 8. The number of hydrogen-bond acceptors (Lipinski definition) is 2. The SMILES string of the molecule is CC(C)CNC(=O)Cc1cccc(N(Cc2ccccc2)C(=O)c2ccc(Cl)cc2)c1. The lowest BCUT2D eigenvalue weighted by Gasteiger charge is -2.24. The summed E-state index contributed by atoms with van der Waals surface area (Å²) in [5.74, 6) is 0.250. The van der Waals surface area contributed by atoms with Gasteiger partial charge in [0.15, 0.2) is 0 Å². The summed E-state index contributed by atoms with van der Waals surface area (Å²) >= 11 is 5.99. The first-order valence-corrected chi connectivity index (χ1v) is 10.8. The van der Waals surface area contributed by atoms with Gasteiger partial charge in [0.05, 0.1) is 13.0 Å². The van der Waals surface area contributed by atoms with Crippen LogP contribution < -0.4 is 10.2 Å². The number of halogens is 1. The second-order valence-electron chi connectivity index (χ2n) is 7.93. The third-order valence-electron chi connectivity index (χ3n) is 4.81. The Morgan fingerprint density at radius 2 is 1.58 bits per heavy atom. The summed E-state index contributed by atoms with van der Waals surface area (Å²) in [6, 6.07) is 24.3. The van der Waals surface area contributed by atoms with Crippen LogP contribution in [0.4, 0.5) is 5.69 Å². The Bertz CT molecular complexity index is 1020. The van der Waals surface area contributed by atoms with E-state index in [1.807, 2.05) is 54.6 Å². The number of anilines is 1. The van der Waals surface area contributed by atoms with Gasteiger partial charge in [-0.05, 0) is 53.4 Å². The minimum Gasteiger partial charge on any atom is -0.356 e. The highest BCUT2D eigenvalue weighted by molar-refractivity contribution is 6.30. The number of carbonyl (C=O) groups excluding carboxylic acids is 2. The van der Waals surface area contributed by atoms with Crippen molar-refractivity contribution in [3.05, 3.63) is 101 Å².